The summed E-state index contributed by atoms with van der Waals surface area (Å²) in [6.45, 7) is 2.55. The molecule has 2 aromatic rings. The summed E-state index contributed by atoms with van der Waals surface area (Å²) >= 11 is 1.57. The molecule has 18 heavy (non-hydrogen) atoms. The Kier molecular flexibility index (Phi) is 3.93. The molecule has 0 fully saturated rings. The van der Waals surface area contributed by atoms with E-state index in [9.17, 15) is 4.39 Å². The molecular formula is C13H16FN3S. The van der Waals surface area contributed by atoms with E-state index in [1.54, 1.807) is 22.9 Å². The maximum absolute atomic E-state index is 13.3. The lowest BCUT2D eigenvalue weighted by Crippen LogP contribution is -2.20. The van der Waals surface area contributed by atoms with Crippen molar-refractivity contribution in [2.75, 3.05) is 11.9 Å². The van der Waals surface area contributed by atoms with Crippen molar-refractivity contribution >= 4 is 17.0 Å². The summed E-state index contributed by atoms with van der Waals surface area (Å²) < 4.78 is 13.3. The lowest BCUT2D eigenvalue weighted by atomic mass is 10.1. The van der Waals surface area contributed by atoms with Crippen LogP contribution in [0.5, 0.6) is 0 Å². The summed E-state index contributed by atoms with van der Waals surface area (Å²) in [5, 5.41) is 2.01. The molecule has 2 N–H and O–H groups in total. The summed E-state index contributed by atoms with van der Waals surface area (Å²) in [7, 11) is 1.96. The third kappa shape index (κ3) is 2.86. The van der Waals surface area contributed by atoms with Crippen molar-refractivity contribution in [2.24, 2.45) is 5.73 Å². The number of benzene rings is 1. The van der Waals surface area contributed by atoms with Crippen LogP contribution in [0.1, 0.15) is 24.2 Å². The molecule has 96 valence electrons. The molecule has 0 aliphatic rings. The second-order valence-electron chi connectivity index (χ2n) is 4.33. The Morgan fingerprint density at radius 1 is 1.50 bits per heavy atom. The summed E-state index contributed by atoms with van der Waals surface area (Å²) in [6, 6.07) is 4.52. The molecule has 1 heterocycles. The van der Waals surface area contributed by atoms with Crippen LogP contribution in [0.25, 0.3) is 0 Å². The van der Waals surface area contributed by atoms with Gasteiger partial charge in [0.2, 0.25) is 0 Å². The van der Waals surface area contributed by atoms with Crippen LogP contribution in [0.3, 0.4) is 0 Å². The van der Waals surface area contributed by atoms with Crippen LogP contribution in [0.2, 0.25) is 0 Å². The van der Waals surface area contributed by atoms with Gasteiger partial charge in [0.1, 0.15) is 5.82 Å². The zero-order valence-corrected chi connectivity index (χ0v) is 11.2. The van der Waals surface area contributed by atoms with E-state index in [0.29, 0.717) is 6.54 Å². The highest BCUT2D eigenvalue weighted by Crippen LogP contribution is 2.26. The third-order valence-electron chi connectivity index (χ3n) is 2.77. The predicted molar refractivity (Wildman–Crippen MR) is 73.2 cm³/mol. The highest BCUT2D eigenvalue weighted by Gasteiger charge is 2.12. The van der Waals surface area contributed by atoms with Crippen LogP contribution in [0, 0.1) is 5.82 Å². The van der Waals surface area contributed by atoms with Crippen LogP contribution < -0.4 is 10.6 Å². The van der Waals surface area contributed by atoms with Gasteiger partial charge in [0.25, 0.3) is 0 Å². The second kappa shape index (κ2) is 5.46. The summed E-state index contributed by atoms with van der Waals surface area (Å²) in [4.78, 5) is 6.28. The Morgan fingerprint density at radius 3 is 2.89 bits per heavy atom. The lowest BCUT2D eigenvalue weighted by molar-refractivity contribution is 0.621. The number of anilines is 1. The standard InChI is InChI=1S/C13H16FN3S/c1-9(15)12-5-10(14)3-4-13(12)17(2)6-11-7-18-8-16-11/h3-5,7-9H,6,15H2,1-2H3/t9-/m0/s1. The number of nitrogens with zero attached hydrogens (tertiary/aromatic N) is 2. The second-order valence-corrected chi connectivity index (χ2v) is 5.05. The molecule has 1 atom stereocenters. The van der Waals surface area contributed by atoms with Crippen molar-refractivity contribution in [3.05, 3.63) is 46.2 Å². The Hall–Kier alpha value is -1.46. The molecule has 1 aromatic heterocycles. The largest absolute Gasteiger partial charge is 0.368 e. The highest BCUT2D eigenvalue weighted by atomic mass is 32.1. The smallest absolute Gasteiger partial charge is 0.123 e. The number of hydrogen-bond acceptors (Lipinski definition) is 4. The van der Waals surface area contributed by atoms with E-state index in [-0.39, 0.29) is 11.9 Å². The van der Waals surface area contributed by atoms with Crippen LogP contribution in [0.4, 0.5) is 10.1 Å². The molecule has 1 aromatic carbocycles. The van der Waals surface area contributed by atoms with Gasteiger partial charge in [0.05, 0.1) is 17.7 Å². The molecule has 0 radical (unpaired) electrons. The van der Waals surface area contributed by atoms with Gasteiger partial charge in [-0.1, -0.05) is 0 Å². The Labute approximate surface area is 110 Å². The third-order valence-corrected chi connectivity index (χ3v) is 3.41. The van der Waals surface area contributed by atoms with Crippen molar-refractivity contribution < 1.29 is 4.39 Å². The minimum atomic E-state index is -0.256. The monoisotopic (exact) mass is 265 g/mol. The van der Waals surface area contributed by atoms with Crippen molar-refractivity contribution in [3.63, 3.8) is 0 Å². The maximum Gasteiger partial charge on any atom is 0.123 e. The van der Waals surface area contributed by atoms with E-state index in [1.807, 2.05) is 24.3 Å². The summed E-state index contributed by atoms with van der Waals surface area (Å²) in [6.07, 6.45) is 0. The van der Waals surface area contributed by atoms with Crippen LogP contribution in [-0.2, 0) is 6.54 Å². The predicted octanol–water partition coefficient (Wildman–Crippen LogP) is 2.94. The van der Waals surface area contributed by atoms with Gasteiger partial charge in [-0.2, -0.15) is 0 Å². The van der Waals surface area contributed by atoms with Gasteiger partial charge in [-0.05, 0) is 30.7 Å². The van der Waals surface area contributed by atoms with Crippen molar-refractivity contribution in [1.29, 1.82) is 0 Å². The fourth-order valence-electron chi connectivity index (χ4n) is 1.88. The van der Waals surface area contributed by atoms with E-state index < -0.39 is 0 Å². The molecule has 0 spiro atoms. The molecule has 0 unspecified atom stereocenters. The minimum Gasteiger partial charge on any atom is -0.368 e. The first-order valence-corrected chi connectivity index (χ1v) is 6.65. The van der Waals surface area contributed by atoms with Gasteiger partial charge >= 0.3 is 0 Å². The van der Waals surface area contributed by atoms with Crippen molar-refractivity contribution in [1.82, 2.24) is 4.98 Å². The number of rotatable bonds is 4. The first-order valence-electron chi connectivity index (χ1n) is 5.71. The van der Waals surface area contributed by atoms with Gasteiger partial charge in [-0.25, -0.2) is 9.37 Å². The van der Waals surface area contributed by atoms with E-state index in [2.05, 4.69) is 4.98 Å². The number of nitrogens with two attached hydrogens (primary N) is 1. The van der Waals surface area contributed by atoms with E-state index in [1.165, 1.54) is 12.1 Å². The molecule has 0 aliphatic carbocycles. The topological polar surface area (TPSA) is 42.1 Å². The number of halogens is 1. The van der Waals surface area contributed by atoms with E-state index in [0.717, 1.165) is 16.9 Å². The first kappa shape index (κ1) is 13.0. The van der Waals surface area contributed by atoms with Gasteiger partial charge in [0, 0.05) is 24.2 Å². The number of hydrogen-bond donors (Lipinski definition) is 1. The number of aromatic nitrogens is 1. The zero-order chi connectivity index (χ0) is 13.1. The normalized spacial score (nSPS) is 12.4. The molecule has 0 bridgehead atoms. The molecule has 2 rings (SSSR count). The molecule has 0 saturated carbocycles. The molecular weight excluding hydrogens is 249 g/mol. The quantitative estimate of drug-likeness (QED) is 0.924. The zero-order valence-electron chi connectivity index (χ0n) is 10.4. The van der Waals surface area contributed by atoms with Crippen LogP contribution in [0.15, 0.2) is 29.1 Å². The average molecular weight is 265 g/mol. The van der Waals surface area contributed by atoms with E-state index >= 15 is 0 Å². The Bertz CT molecular complexity index is 511. The van der Waals surface area contributed by atoms with Gasteiger partial charge in [-0.15, -0.1) is 11.3 Å². The lowest BCUT2D eigenvalue weighted by Gasteiger charge is -2.23. The molecule has 3 nitrogen and oxygen atoms in total. The molecule has 0 saturated heterocycles. The molecule has 0 amide bonds. The van der Waals surface area contributed by atoms with Gasteiger partial charge < -0.3 is 10.6 Å². The SMILES string of the molecule is C[C@H](N)c1cc(F)ccc1N(C)Cc1cscn1. The van der Waals surface area contributed by atoms with Gasteiger partial charge in [0.15, 0.2) is 0 Å². The number of thiazole rings is 1. The van der Waals surface area contributed by atoms with Crippen LogP contribution >= 0.6 is 11.3 Å². The molecule has 0 aliphatic heterocycles. The summed E-state index contributed by atoms with van der Waals surface area (Å²) in [5.74, 6) is -0.256. The van der Waals surface area contributed by atoms with Gasteiger partial charge in [-0.3, -0.25) is 0 Å². The fraction of sp³-hybridized carbons (Fsp3) is 0.308. The van der Waals surface area contributed by atoms with E-state index in [4.69, 9.17) is 5.73 Å². The van der Waals surface area contributed by atoms with Crippen LogP contribution in [-0.4, -0.2) is 12.0 Å². The first-order chi connectivity index (χ1) is 8.58. The highest BCUT2D eigenvalue weighted by molar-refractivity contribution is 7.07. The molecule has 5 heteroatoms. The average Bonchev–Trinajstić information content (AvgIpc) is 2.81. The maximum atomic E-state index is 13.3. The summed E-state index contributed by atoms with van der Waals surface area (Å²) in [5.41, 5.74) is 10.5. The Morgan fingerprint density at radius 2 is 2.28 bits per heavy atom. The Balaban J connectivity index is 2.26. The van der Waals surface area contributed by atoms with Crippen molar-refractivity contribution in [2.45, 2.75) is 19.5 Å². The minimum absolute atomic E-state index is 0.200. The van der Waals surface area contributed by atoms with Crippen molar-refractivity contribution in [3.8, 4) is 0 Å². The fourth-order valence-corrected chi connectivity index (χ4v) is 2.43.